The summed E-state index contributed by atoms with van der Waals surface area (Å²) in [5.74, 6) is 1.03. The number of hydrogen-bond acceptors (Lipinski definition) is 2. The van der Waals surface area contributed by atoms with Gasteiger partial charge >= 0.3 is 6.18 Å². The molecular formula is C11H12ClF3OS. The molecule has 0 atom stereocenters. The Morgan fingerprint density at radius 1 is 1.24 bits per heavy atom. The summed E-state index contributed by atoms with van der Waals surface area (Å²) in [5, 5.41) is 0. The van der Waals surface area contributed by atoms with Crippen molar-refractivity contribution in [2.24, 2.45) is 0 Å². The van der Waals surface area contributed by atoms with Gasteiger partial charge in [-0.25, -0.2) is 0 Å². The zero-order chi connectivity index (χ0) is 12.7. The van der Waals surface area contributed by atoms with Crippen LogP contribution in [0.4, 0.5) is 13.2 Å². The summed E-state index contributed by atoms with van der Waals surface area (Å²) >= 11 is 6.74. The molecule has 0 saturated carbocycles. The Bertz CT molecular complexity index is 344. The first-order valence-electron chi connectivity index (χ1n) is 4.98. The van der Waals surface area contributed by atoms with Crippen molar-refractivity contribution < 1.29 is 17.9 Å². The molecule has 0 aliphatic heterocycles. The molecule has 0 spiro atoms. The van der Waals surface area contributed by atoms with Gasteiger partial charge < -0.3 is 4.74 Å². The van der Waals surface area contributed by atoms with E-state index in [0.717, 1.165) is 12.1 Å². The van der Waals surface area contributed by atoms with Crippen LogP contribution in [0.25, 0.3) is 0 Å². The van der Waals surface area contributed by atoms with Gasteiger partial charge in [0.25, 0.3) is 0 Å². The van der Waals surface area contributed by atoms with Crippen LogP contribution in [0.3, 0.4) is 0 Å². The third kappa shape index (κ3) is 5.66. The lowest BCUT2D eigenvalue weighted by molar-refractivity contribution is -0.137. The molecule has 0 aromatic heterocycles. The topological polar surface area (TPSA) is 9.23 Å². The standard InChI is InChI=1S/C11H12ClF3OS/c12-4-5-16-6-7-17-10-3-1-2-9(8-10)11(13,14)15/h1-3,8H,4-7H2. The second kappa shape index (κ2) is 7.13. The largest absolute Gasteiger partial charge is 0.416 e. The smallest absolute Gasteiger partial charge is 0.379 e. The molecule has 1 nitrogen and oxygen atoms in total. The second-order valence-electron chi connectivity index (χ2n) is 3.18. The van der Waals surface area contributed by atoms with E-state index in [1.165, 1.54) is 17.8 Å². The third-order valence-corrected chi connectivity index (χ3v) is 2.99. The lowest BCUT2D eigenvalue weighted by Crippen LogP contribution is -2.04. The Morgan fingerprint density at radius 2 is 2.00 bits per heavy atom. The predicted molar refractivity (Wildman–Crippen MR) is 63.7 cm³/mol. The normalized spacial score (nSPS) is 11.8. The van der Waals surface area contributed by atoms with Crippen molar-refractivity contribution in [3.8, 4) is 0 Å². The van der Waals surface area contributed by atoms with Crippen molar-refractivity contribution in [3.05, 3.63) is 29.8 Å². The van der Waals surface area contributed by atoms with E-state index in [2.05, 4.69) is 0 Å². The molecule has 96 valence electrons. The number of alkyl halides is 4. The van der Waals surface area contributed by atoms with E-state index < -0.39 is 11.7 Å². The Balaban J connectivity index is 2.44. The highest BCUT2D eigenvalue weighted by atomic mass is 35.5. The van der Waals surface area contributed by atoms with Crippen LogP contribution >= 0.6 is 23.4 Å². The number of rotatable bonds is 6. The van der Waals surface area contributed by atoms with Gasteiger partial charge in [0, 0.05) is 16.5 Å². The molecular weight excluding hydrogens is 273 g/mol. The molecule has 1 aromatic rings. The molecule has 1 aromatic carbocycles. The first kappa shape index (κ1) is 14.7. The fourth-order valence-electron chi connectivity index (χ4n) is 1.14. The zero-order valence-electron chi connectivity index (χ0n) is 8.97. The van der Waals surface area contributed by atoms with Crippen molar-refractivity contribution in [1.82, 2.24) is 0 Å². The van der Waals surface area contributed by atoms with Gasteiger partial charge in [0.15, 0.2) is 0 Å². The fraction of sp³-hybridized carbons (Fsp3) is 0.455. The summed E-state index contributed by atoms with van der Waals surface area (Å²) in [6.45, 7) is 0.943. The summed E-state index contributed by atoms with van der Waals surface area (Å²) in [4.78, 5) is 0.592. The molecule has 0 heterocycles. The number of ether oxygens (including phenoxy) is 1. The second-order valence-corrected chi connectivity index (χ2v) is 4.72. The molecule has 17 heavy (non-hydrogen) atoms. The first-order valence-corrected chi connectivity index (χ1v) is 6.50. The highest BCUT2D eigenvalue weighted by molar-refractivity contribution is 7.99. The van der Waals surface area contributed by atoms with Gasteiger partial charge in [0.05, 0.1) is 18.8 Å². The minimum absolute atomic E-state index is 0.425. The molecule has 0 unspecified atom stereocenters. The Labute approximate surface area is 107 Å². The summed E-state index contributed by atoms with van der Waals surface area (Å²) in [7, 11) is 0. The lowest BCUT2D eigenvalue weighted by atomic mass is 10.2. The number of benzene rings is 1. The van der Waals surface area contributed by atoms with Crippen LogP contribution in [0.5, 0.6) is 0 Å². The number of hydrogen-bond donors (Lipinski definition) is 0. The SMILES string of the molecule is FC(F)(F)c1cccc(SCCOCCCl)c1. The third-order valence-electron chi connectivity index (χ3n) is 1.88. The van der Waals surface area contributed by atoms with Crippen LogP contribution in [0.1, 0.15) is 5.56 Å². The van der Waals surface area contributed by atoms with E-state index in [1.54, 1.807) is 6.07 Å². The predicted octanol–water partition coefficient (Wildman–Crippen LogP) is 4.05. The van der Waals surface area contributed by atoms with Crippen LogP contribution < -0.4 is 0 Å². The first-order chi connectivity index (χ1) is 8.04. The molecule has 0 aliphatic carbocycles. The summed E-state index contributed by atoms with van der Waals surface area (Å²) in [6, 6.07) is 5.27. The monoisotopic (exact) mass is 284 g/mol. The maximum absolute atomic E-state index is 12.4. The average Bonchev–Trinajstić information content (AvgIpc) is 2.28. The van der Waals surface area contributed by atoms with Gasteiger partial charge in [-0.05, 0) is 18.2 Å². The van der Waals surface area contributed by atoms with Gasteiger partial charge in [-0.2, -0.15) is 13.2 Å². The maximum Gasteiger partial charge on any atom is 0.416 e. The molecule has 0 N–H and O–H groups in total. The van der Waals surface area contributed by atoms with E-state index >= 15 is 0 Å². The Hall–Kier alpha value is -0.390. The van der Waals surface area contributed by atoms with Crippen LogP contribution in [-0.4, -0.2) is 24.8 Å². The molecule has 0 amide bonds. The number of halogens is 4. The lowest BCUT2D eigenvalue weighted by Gasteiger charge is -2.08. The fourth-order valence-corrected chi connectivity index (χ4v) is 2.07. The molecule has 0 fully saturated rings. The van der Waals surface area contributed by atoms with Crippen molar-refractivity contribution in [2.45, 2.75) is 11.1 Å². The van der Waals surface area contributed by atoms with Crippen LogP contribution in [0, 0.1) is 0 Å². The van der Waals surface area contributed by atoms with Crippen LogP contribution in [0.2, 0.25) is 0 Å². The minimum atomic E-state index is -4.29. The van der Waals surface area contributed by atoms with Crippen molar-refractivity contribution in [1.29, 1.82) is 0 Å². The quantitative estimate of drug-likeness (QED) is 0.443. The highest BCUT2D eigenvalue weighted by Crippen LogP contribution is 2.31. The van der Waals surface area contributed by atoms with Crippen molar-refractivity contribution >= 4 is 23.4 Å². The summed E-state index contributed by atoms with van der Waals surface area (Å²) < 4.78 is 42.4. The van der Waals surface area contributed by atoms with Gasteiger partial charge in [-0.1, -0.05) is 6.07 Å². The van der Waals surface area contributed by atoms with E-state index in [4.69, 9.17) is 16.3 Å². The van der Waals surface area contributed by atoms with Crippen LogP contribution in [0.15, 0.2) is 29.2 Å². The molecule has 0 radical (unpaired) electrons. The maximum atomic E-state index is 12.4. The summed E-state index contributed by atoms with van der Waals surface area (Å²) in [5.41, 5.74) is -0.621. The van der Waals surface area contributed by atoms with E-state index in [9.17, 15) is 13.2 Å². The van der Waals surface area contributed by atoms with Gasteiger partial charge in [-0.15, -0.1) is 23.4 Å². The van der Waals surface area contributed by atoms with E-state index in [0.29, 0.717) is 29.7 Å². The van der Waals surface area contributed by atoms with Gasteiger partial charge in [0.2, 0.25) is 0 Å². The average molecular weight is 285 g/mol. The highest BCUT2D eigenvalue weighted by Gasteiger charge is 2.30. The number of thioether (sulfide) groups is 1. The molecule has 0 saturated heterocycles. The van der Waals surface area contributed by atoms with Crippen molar-refractivity contribution in [2.75, 3.05) is 24.8 Å². The van der Waals surface area contributed by atoms with Gasteiger partial charge in [-0.3, -0.25) is 0 Å². The van der Waals surface area contributed by atoms with E-state index in [1.807, 2.05) is 0 Å². The minimum Gasteiger partial charge on any atom is -0.379 e. The Kier molecular flexibility index (Phi) is 6.16. The van der Waals surface area contributed by atoms with Crippen molar-refractivity contribution in [3.63, 3.8) is 0 Å². The molecule has 6 heteroatoms. The zero-order valence-corrected chi connectivity index (χ0v) is 10.5. The van der Waals surface area contributed by atoms with Gasteiger partial charge in [0.1, 0.15) is 0 Å². The Morgan fingerprint density at radius 3 is 2.65 bits per heavy atom. The molecule has 1 rings (SSSR count). The molecule has 0 bridgehead atoms. The summed E-state index contributed by atoms with van der Waals surface area (Å²) in [6.07, 6.45) is -4.29. The van der Waals surface area contributed by atoms with Crippen LogP contribution in [-0.2, 0) is 10.9 Å². The molecule has 0 aliphatic rings. The van der Waals surface area contributed by atoms with E-state index in [-0.39, 0.29) is 0 Å².